The van der Waals surface area contributed by atoms with Crippen molar-refractivity contribution >= 4 is 44.1 Å². The molecule has 0 radical (unpaired) electrons. The van der Waals surface area contributed by atoms with Crippen molar-refractivity contribution in [2.24, 2.45) is 0 Å². The molecular weight excluding hydrogens is 512 g/mol. The summed E-state index contributed by atoms with van der Waals surface area (Å²) in [6.07, 6.45) is 2.46. The van der Waals surface area contributed by atoms with Gasteiger partial charge in [0.1, 0.15) is 5.75 Å². The fraction of sp³-hybridized carbons (Fsp3) is 0.400. The first kappa shape index (κ1) is 27.0. The number of hydrogen-bond donors (Lipinski definition) is 1. The Morgan fingerprint density at radius 3 is 2.77 bits per heavy atom. The highest BCUT2D eigenvalue weighted by molar-refractivity contribution is 7.17. The molecule has 2 aromatic carbocycles. The standard InChI is InChI=1S/C30H36N4O4S/c1-2-13-31-30(35)38-22-37-29-11-9-23-8-10-24(21-26(23)32-29)36-19-4-3-14-33-15-17-34(18-16-33)27-6-5-7-28-25(27)12-20-39-28/h5-12,20-21H,2-4,13-19,22H2,1H3,(H,31,35). The highest BCUT2D eigenvalue weighted by atomic mass is 32.1. The van der Waals surface area contributed by atoms with Crippen LogP contribution in [0.1, 0.15) is 26.2 Å². The van der Waals surface area contributed by atoms with Gasteiger partial charge in [-0.15, -0.1) is 11.3 Å². The summed E-state index contributed by atoms with van der Waals surface area (Å²) in [6.45, 7) is 8.45. The Hall–Kier alpha value is -3.56. The van der Waals surface area contributed by atoms with E-state index >= 15 is 0 Å². The number of fused-ring (bicyclic) bond motifs is 2. The van der Waals surface area contributed by atoms with Crippen molar-refractivity contribution in [2.45, 2.75) is 26.2 Å². The predicted molar refractivity (Wildman–Crippen MR) is 157 cm³/mol. The minimum atomic E-state index is -0.498. The van der Waals surface area contributed by atoms with E-state index < -0.39 is 6.09 Å². The second kappa shape index (κ2) is 13.5. The Kier molecular flexibility index (Phi) is 9.34. The van der Waals surface area contributed by atoms with Crippen LogP contribution in [-0.2, 0) is 4.74 Å². The van der Waals surface area contributed by atoms with E-state index in [4.69, 9.17) is 14.2 Å². The zero-order valence-electron chi connectivity index (χ0n) is 22.4. The summed E-state index contributed by atoms with van der Waals surface area (Å²) in [6, 6.07) is 18.4. The van der Waals surface area contributed by atoms with Crippen molar-refractivity contribution < 1.29 is 19.0 Å². The zero-order valence-corrected chi connectivity index (χ0v) is 23.3. The van der Waals surface area contributed by atoms with E-state index in [2.05, 4.69) is 49.7 Å². The molecular formula is C30H36N4O4S. The normalized spacial score (nSPS) is 14.0. The summed E-state index contributed by atoms with van der Waals surface area (Å²) in [7, 11) is 0. The number of carbonyl (C=O) groups excluding carboxylic acids is 1. The second-order valence-corrected chi connectivity index (χ2v) is 10.6. The molecule has 0 bridgehead atoms. The molecule has 1 aliphatic rings. The number of nitrogens with one attached hydrogen (secondary N) is 1. The van der Waals surface area contributed by atoms with E-state index in [0.29, 0.717) is 19.0 Å². The van der Waals surface area contributed by atoms with Crippen molar-refractivity contribution in [1.82, 2.24) is 15.2 Å². The molecule has 1 aliphatic heterocycles. The van der Waals surface area contributed by atoms with Gasteiger partial charge in [0.2, 0.25) is 12.7 Å². The molecule has 39 heavy (non-hydrogen) atoms. The van der Waals surface area contributed by atoms with Crippen LogP contribution in [0, 0.1) is 0 Å². The van der Waals surface area contributed by atoms with E-state index in [-0.39, 0.29) is 6.79 Å². The Balaban J connectivity index is 1.01. The molecule has 4 aromatic rings. The third-order valence-corrected chi connectivity index (χ3v) is 7.76. The highest BCUT2D eigenvalue weighted by Crippen LogP contribution is 2.31. The van der Waals surface area contributed by atoms with Crippen molar-refractivity contribution in [2.75, 3.05) is 57.6 Å². The number of carbonyl (C=O) groups is 1. The Morgan fingerprint density at radius 1 is 1.03 bits per heavy atom. The molecule has 0 atom stereocenters. The molecule has 1 amide bonds. The molecule has 0 saturated carbocycles. The minimum Gasteiger partial charge on any atom is -0.494 e. The van der Waals surface area contributed by atoms with Gasteiger partial charge in [-0.05, 0) is 67.6 Å². The zero-order chi connectivity index (χ0) is 26.9. The smallest absolute Gasteiger partial charge is 0.410 e. The number of anilines is 1. The molecule has 8 nitrogen and oxygen atoms in total. The molecule has 0 unspecified atom stereocenters. The van der Waals surface area contributed by atoms with Crippen LogP contribution >= 0.6 is 11.3 Å². The number of pyridine rings is 1. The van der Waals surface area contributed by atoms with Crippen molar-refractivity contribution in [3.05, 3.63) is 60.0 Å². The molecule has 2 aromatic heterocycles. The molecule has 1 N–H and O–H groups in total. The predicted octanol–water partition coefficient (Wildman–Crippen LogP) is 5.90. The fourth-order valence-electron chi connectivity index (χ4n) is 4.76. The number of ether oxygens (including phenoxy) is 3. The van der Waals surface area contributed by atoms with Crippen molar-refractivity contribution in [1.29, 1.82) is 0 Å². The van der Waals surface area contributed by atoms with E-state index in [0.717, 1.165) is 68.6 Å². The Labute approximate surface area is 233 Å². The maximum Gasteiger partial charge on any atom is 0.410 e. The summed E-state index contributed by atoms with van der Waals surface area (Å²) >= 11 is 1.81. The first-order valence-corrected chi connectivity index (χ1v) is 14.6. The highest BCUT2D eigenvalue weighted by Gasteiger charge is 2.18. The first-order valence-electron chi connectivity index (χ1n) is 13.7. The number of benzene rings is 2. The third kappa shape index (κ3) is 7.30. The lowest BCUT2D eigenvalue weighted by molar-refractivity contribution is 0.0571. The molecule has 1 saturated heterocycles. The molecule has 3 heterocycles. The number of unbranched alkanes of at least 4 members (excludes halogenated alkanes) is 1. The number of hydrogen-bond acceptors (Lipinski definition) is 8. The first-order chi connectivity index (χ1) is 19.2. The lowest BCUT2D eigenvalue weighted by Gasteiger charge is -2.36. The number of thiophene rings is 1. The summed E-state index contributed by atoms with van der Waals surface area (Å²) in [5.41, 5.74) is 2.14. The van der Waals surface area contributed by atoms with Gasteiger partial charge in [-0.25, -0.2) is 9.78 Å². The van der Waals surface area contributed by atoms with Crippen LogP contribution in [0.2, 0.25) is 0 Å². The Morgan fingerprint density at radius 2 is 1.90 bits per heavy atom. The SMILES string of the molecule is CCCNC(=O)OCOc1ccc2ccc(OCCCCN3CCN(c4cccc5sccc45)CC3)cc2n1. The maximum atomic E-state index is 11.5. The molecule has 5 rings (SSSR count). The lowest BCUT2D eigenvalue weighted by Crippen LogP contribution is -2.46. The van der Waals surface area contributed by atoms with Crippen LogP contribution in [0.4, 0.5) is 10.5 Å². The molecule has 0 spiro atoms. The number of aromatic nitrogens is 1. The van der Waals surface area contributed by atoms with Gasteiger partial charge < -0.3 is 24.4 Å². The summed E-state index contributed by atoms with van der Waals surface area (Å²) in [4.78, 5) is 21.1. The summed E-state index contributed by atoms with van der Waals surface area (Å²) < 4.78 is 17.9. The van der Waals surface area contributed by atoms with Gasteiger partial charge in [0.05, 0.1) is 12.1 Å². The van der Waals surface area contributed by atoms with Crippen molar-refractivity contribution in [3.63, 3.8) is 0 Å². The molecule has 9 heteroatoms. The van der Waals surface area contributed by atoms with E-state index in [9.17, 15) is 4.79 Å². The van der Waals surface area contributed by atoms with Crippen LogP contribution < -0.4 is 19.7 Å². The van der Waals surface area contributed by atoms with Crippen LogP contribution in [-0.4, -0.2) is 68.6 Å². The largest absolute Gasteiger partial charge is 0.494 e. The van der Waals surface area contributed by atoms with Crippen LogP contribution in [0.3, 0.4) is 0 Å². The molecule has 1 fully saturated rings. The number of amides is 1. The van der Waals surface area contributed by atoms with E-state index in [1.54, 1.807) is 6.07 Å². The van der Waals surface area contributed by atoms with Gasteiger partial charge in [-0.2, -0.15) is 0 Å². The summed E-state index contributed by atoms with van der Waals surface area (Å²) in [5.74, 6) is 1.19. The maximum absolute atomic E-state index is 11.5. The quantitative estimate of drug-likeness (QED) is 0.174. The number of piperazine rings is 1. The van der Waals surface area contributed by atoms with E-state index in [1.165, 1.54) is 15.8 Å². The monoisotopic (exact) mass is 548 g/mol. The lowest BCUT2D eigenvalue weighted by atomic mass is 10.2. The van der Waals surface area contributed by atoms with Gasteiger partial charge >= 0.3 is 6.09 Å². The molecule has 206 valence electrons. The topological polar surface area (TPSA) is 76.2 Å². The van der Waals surface area contributed by atoms with Gasteiger partial charge in [0.25, 0.3) is 0 Å². The third-order valence-electron chi connectivity index (χ3n) is 6.88. The fourth-order valence-corrected chi connectivity index (χ4v) is 5.57. The van der Waals surface area contributed by atoms with Gasteiger partial charge in [0.15, 0.2) is 0 Å². The van der Waals surface area contributed by atoms with Gasteiger partial charge in [-0.1, -0.05) is 13.0 Å². The molecule has 0 aliphatic carbocycles. The van der Waals surface area contributed by atoms with Crippen LogP contribution in [0.25, 0.3) is 21.0 Å². The van der Waals surface area contributed by atoms with Crippen molar-refractivity contribution in [3.8, 4) is 11.6 Å². The van der Waals surface area contributed by atoms with Gasteiger partial charge in [-0.3, -0.25) is 4.90 Å². The van der Waals surface area contributed by atoms with E-state index in [1.807, 2.05) is 42.5 Å². The number of alkyl carbamates (subject to hydrolysis) is 1. The minimum absolute atomic E-state index is 0.190. The Bertz CT molecular complexity index is 1370. The second-order valence-electron chi connectivity index (χ2n) is 9.62. The number of rotatable bonds is 12. The number of nitrogens with zero attached hydrogens (tertiary/aromatic N) is 3. The van der Waals surface area contributed by atoms with Crippen LogP contribution in [0.5, 0.6) is 11.6 Å². The summed E-state index contributed by atoms with van der Waals surface area (Å²) in [5, 5.41) is 7.18. The average molecular weight is 549 g/mol. The average Bonchev–Trinajstić information content (AvgIpc) is 3.45. The van der Waals surface area contributed by atoms with Crippen LogP contribution in [0.15, 0.2) is 60.0 Å². The van der Waals surface area contributed by atoms with Gasteiger partial charge in [0, 0.05) is 66.0 Å².